The lowest BCUT2D eigenvalue weighted by Crippen LogP contribution is -2.55. The average molecular weight is 387 g/mol. The van der Waals surface area contributed by atoms with Crippen molar-refractivity contribution in [1.29, 1.82) is 0 Å². The Morgan fingerprint density at radius 2 is 1.64 bits per heavy atom. The van der Waals surface area contributed by atoms with Gasteiger partial charge in [0, 0.05) is 6.54 Å². The van der Waals surface area contributed by atoms with Gasteiger partial charge in [0.2, 0.25) is 5.91 Å². The SMILES string of the molecule is CC(C)C(NC(=O)c1ccccc1F)C(=O)NCC12CC3CC(CC(C3)C1)C2. The minimum atomic E-state index is -0.666. The molecule has 1 aromatic rings. The molecule has 4 fully saturated rings. The van der Waals surface area contributed by atoms with Crippen LogP contribution >= 0.6 is 0 Å². The molecule has 2 N–H and O–H groups in total. The van der Waals surface area contributed by atoms with Gasteiger partial charge in [-0.3, -0.25) is 9.59 Å². The monoisotopic (exact) mass is 386 g/mol. The molecule has 28 heavy (non-hydrogen) atoms. The number of carbonyl (C=O) groups is 2. The van der Waals surface area contributed by atoms with Crippen molar-refractivity contribution >= 4 is 11.8 Å². The highest BCUT2D eigenvalue weighted by Gasteiger charge is 2.50. The van der Waals surface area contributed by atoms with Gasteiger partial charge < -0.3 is 10.6 Å². The van der Waals surface area contributed by atoms with Crippen LogP contribution in [0, 0.1) is 34.9 Å². The molecule has 1 atom stereocenters. The Hall–Kier alpha value is -1.91. The molecule has 4 saturated carbocycles. The van der Waals surface area contributed by atoms with E-state index in [0.717, 1.165) is 17.8 Å². The molecular formula is C23H31FN2O2. The van der Waals surface area contributed by atoms with Crippen molar-refractivity contribution < 1.29 is 14.0 Å². The summed E-state index contributed by atoms with van der Waals surface area (Å²) in [6.45, 7) is 4.50. The molecule has 152 valence electrons. The standard InChI is InChI=1S/C23H31FN2O2/c1-14(2)20(26-21(27)18-5-3-4-6-19(18)24)22(28)25-13-23-10-15-7-16(11-23)9-17(8-15)12-23/h3-6,14-17,20H,7-13H2,1-2H3,(H,25,28)(H,26,27). The summed E-state index contributed by atoms with van der Waals surface area (Å²) in [5.41, 5.74) is 0.226. The molecule has 0 aliphatic heterocycles. The molecule has 0 spiro atoms. The first kappa shape index (κ1) is 19.4. The minimum absolute atomic E-state index is 0.0259. The second-order valence-corrected chi connectivity index (χ2v) is 9.81. The Kier molecular flexibility index (Phi) is 5.19. The van der Waals surface area contributed by atoms with Gasteiger partial charge in [-0.1, -0.05) is 26.0 Å². The number of benzene rings is 1. The zero-order valence-electron chi connectivity index (χ0n) is 16.8. The van der Waals surface area contributed by atoms with Crippen LogP contribution in [0.1, 0.15) is 62.7 Å². The van der Waals surface area contributed by atoms with E-state index in [-0.39, 0.29) is 22.8 Å². The van der Waals surface area contributed by atoms with Crippen molar-refractivity contribution in [2.45, 2.75) is 58.4 Å². The van der Waals surface area contributed by atoms with Gasteiger partial charge in [-0.25, -0.2) is 4.39 Å². The van der Waals surface area contributed by atoms with E-state index in [4.69, 9.17) is 0 Å². The summed E-state index contributed by atoms with van der Waals surface area (Å²) in [6.07, 6.45) is 7.81. The van der Waals surface area contributed by atoms with Crippen LogP contribution in [0.4, 0.5) is 4.39 Å². The van der Waals surface area contributed by atoms with Crippen LogP contribution in [-0.4, -0.2) is 24.4 Å². The lowest BCUT2D eigenvalue weighted by Gasteiger charge is -2.57. The summed E-state index contributed by atoms with van der Waals surface area (Å²) in [5, 5.41) is 5.89. The van der Waals surface area contributed by atoms with Gasteiger partial charge in [-0.2, -0.15) is 0 Å². The number of hydrogen-bond acceptors (Lipinski definition) is 2. The summed E-state index contributed by atoms with van der Waals surface area (Å²) >= 11 is 0. The lowest BCUT2D eigenvalue weighted by atomic mass is 9.49. The van der Waals surface area contributed by atoms with Crippen molar-refractivity contribution in [1.82, 2.24) is 10.6 Å². The van der Waals surface area contributed by atoms with Crippen molar-refractivity contribution in [3.8, 4) is 0 Å². The molecule has 0 saturated heterocycles. The Morgan fingerprint density at radius 1 is 1.07 bits per heavy atom. The van der Waals surface area contributed by atoms with Gasteiger partial charge in [-0.15, -0.1) is 0 Å². The van der Waals surface area contributed by atoms with Crippen molar-refractivity contribution in [2.24, 2.45) is 29.1 Å². The van der Waals surface area contributed by atoms with Gasteiger partial charge in [0.1, 0.15) is 11.9 Å². The Morgan fingerprint density at radius 3 is 2.18 bits per heavy atom. The van der Waals surface area contributed by atoms with E-state index in [0.29, 0.717) is 6.54 Å². The van der Waals surface area contributed by atoms with Crippen LogP contribution < -0.4 is 10.6 Å². The molecule has 1 unspecified atom stereocenters. The van der Waals surface area contributed by atoms with Crippen LogP contribution in [0.3, 0.4) is 0 Å². The van der Waals surface area contributed by atoms with Gasteiger partial charge in [0.25, 0.3) is 5.91 Å². The molecular weight excluding hydrogens is 355 g/mol. The predicted molar refractivity (Wildman–Crippen MR) is 106 cm³/mol. The topological polar surface area (TPSA) is 58.2 Å². The molecule has 4 nitrogen and oxygen atoms in total. The lowest BCUT2D eigenvalue weighted by molar-refractivity contribution is -0.126. The fraction of sp³-hybridized carbons (Fsp3) is 0.652. The third-order valence-electron chi connectivity index (χ3n) is 7.16. The third kappa shape index (κ3) is 3.81. The smallest absolute Gasteiger partial charge is 0.254 e. The molecule has 5 heteroatoms. The first-order valence-electron chi connectivity index (χ1n) is 10.7. The first-order valence-corrected chi connectivity index (χ1v) is 10.7. The molecule has 2 amide bonds. The third-order valence-corrected chi connectivity index (χ3v) is 7.16. The number of nitrogens with one attached hydrogen (secondary N) is 2. The molecule has 4 aliphatic rings. The average Bonchev–Trinajstić information content (AvgIpc) is 2.63. The second kappa shape index (κ2) is 7.49. The van der Waals surface area contributed by atoms with E-state index in [1.54, 1.807) is 12.1 Å². The predicted octanol–water partition coefficient (Wildman–Crippen LogP) is 3.91. The zero-order valence-corrected chi connectivity index (χ0v) is 16.8. The van der Waals surface area contributed by atoms with Gasteiger partial charge >= 0.3 is 0 Å². The zero-order chi connectivity index (χ0) is 19.9. The normalized spacial score (nSPS) is 31.6. The van der Waals surface area contributed by atoms with E-state index >= 15 is 0 Å². The van der Waals surface area contributed by atoms with Gasteiger partial charge in [0.05, 0.1) is 5.56 Å². The summed E-state index contributed by atoms with van der Waals surface area (Å²) in [7, 11) is 0. The quantitative estimate of drug-likeness (QED) is 0.779. The van der Waals surface area contributed by atoms with Crippen molar-refractivity contribution in [2.75, 3.05) is 6.54 Å². The van der Waals surface area contributed by atoms with Crippen LogP contribution in [0.15, 0.2) is 24.3 Å². The molecule has 4 bridgehead atoms. The van der Waals surface area contributed by atoms with Gasteiger partial charge in [-0.05, 0) is 79.7 Å². The maximum absolute atomic E-state index is 13.9. The molecule has 1 aromatic carbocycles. The van der Waals surface area contributed by atoms with Crippen molar-refractivity contribution in [3.05, 3.63) is 35.6 Å². The first-order chi connectivity index (χ1) is 13.3. The van der Waals surface area contributed by atoms with E-state index in [1.165, 1.54) is 50.7 Å². The number of amides is 2. The molecule has 4 aliphatic carbocycles. The highest BCUT2D eigenvalue weighted by molar-refractivity contribution is 5.97. The molecule has 0 heterocycles. The summed E-state index contributed by atoms with van der Waals surface area (Å²) in [6, 6.07) is 5.20. The Labute approximate surface area is 166 Å². The summed E-state index contributed by atoms with van der Waals surface area (Å²) in [4.78, 5) is 25.4. The van der Waals surface area contributed by atoms with E-state index < -0.39 is 17.8 Å². The fourth-order valence-electron chi connectivity index (χ4n) is 6.29. The Balaban J connectivity index is 1.39. The van der Waals surface area contributed by atoms with E-state index in [1.807, 2.05) is 13.8 Å². The maximum Gasteiger partial charge on any atom is 0.254 e. The Bertz CT molecular complexity index is 725. The number of halogens is 1. The maximum atomic E-state index is 13.9. The van der Waals surface area contributed by atoms with E-state index in [2.05, 4.69) is 10.6 Å². The second-order valence-electron chi connectivity index (χ2n) is 9.81. The van der Waals surface area contributed by atoms with Gasteiger partial charge in [0.15, 0.2) is 0 Å². The van der Waals surface area contributed by atoms with Crippen molar-refractivity contribution in [3.63, 3.8) is 0 Å². The molecule has 5 rings (SSSR count). The number of hydrogen-bond donors (Lipinski definition) is 2. The summed E-state index contributed by atoms with van der Waals surface area (Å²) in [5.74, 6) is 1.17. The number of carbonyl (C=O) groups excluding carboxylic acids is 2. The van der Waals surface area contributed by atoms with Crippen LogP contribution in [0.5, 0.6) is 0 Å². The minimum Gasteiger partial charge on any atom is -0.354 e. The van der Waals surface area contributed by atoms with Crippen LogP contribution in [0.25, 0.3) is 0 Å². The van der Waals surface area contributed by atoms with E-state index in [9.17, 15) is 14.0 Å². The highest BCUT2D eigenvalue weighted by atomic mass is 19.1. The fourth-order valence-corrected chi connectivity index (χ4v) is 6.29. The van der Waals surface area contributed by atoms with Crippen LogP contribution in [0.2, 0.25) is 0 Å². The summed E-state index contributed by atoms with van der Waals surface area (Å²) < 4.78 is 13.9. The largest absolute Gasteiger partial charge is 0.354 e. The molecule has 0 aromatic heterocycles. The molecule has 0 radical (unpaired) electrons. The van der Waals surface area contributed by atoms with Crippen LogP contribution in [-0.2, 0) is 4.79 Å². The number of rotatable bonds is 6. The highest BCUT2D eigenvalue weighted by Crippen LogP contribution is 2.59.